The quantitative estimate of drug-likeness (QED) is 0.591. The van der Waals surface area contributed by atoms with Crippen LogP contribution in [0.4, 0.5) is 10.2 Å². The molecule has 26 heavy (non-hydrogen) atoms. The first kappa shape index (κ1) is 15.5. The minimum absolute atomic E-state index is 0.272. The highest BCUT2D eigenvalue weighted by molar-refractivity contribution is 7.19. The Balaban J connectivity index is 1.42. The SMILES string of the molecule is Fc1cc(CNc2ncnc3sc4c(c23)CCC4)ccc1-n1ccnc1. The van der Waals surface area contributed by atoms with Gasteiger partial charge in [0.25, 0.3) is 0 Å². The van der Waals surface area contributed by atoms with Gasteiger partial charge in [0.05, 0.1) is 17.4 Å². The van der Waals surface area contributed by atoms with Crippen LogP contribution < -0.4 is 5.32 Å². The second-order valence-corrected chi connectivity index (χ2v) is 7.45. The van der Waals surface area contributed by atoms with Crippen LogP contribution in [0.2, 0.25) is 0 Å². The van der Waals surface area contributed by atoms with Gasteiger partial charge in [-0.2, -0.15) is 0 Å². The molecular weight excluding hydrogens is 349 g/mol. The van der Waals surface area contributed by atoms with E-state index in [-0.39, 0.29) is 5.82 Å². The zero-order valence-electron chi connectivity index (χ0n) is 13.9. The average molecular weight is 365 g/mol. The summed E-state index contributed by atoms with van der Waals surface area (Å²) >= 11 is 1.77. The van der Waals surface area contributed by atoms with Crippen LogP contribution in [0.15, 0.2) is 43.2 Å². The number of imidazole rings is 1. The molecular formula is C19H16FN5S. The molecule has 0 fully saturated rings. The van der Waals surface area contributed by atoms with Crippen molar-refractivity contribution >= 4 is 27.4 Å². The number of nitrogens with one attached hydrogen (secondary N) is 1. The molecule has 0 aliphatic heterocycles. The average Bonchev–Trinajstić information content (AvgIpc) is 3.36. The number of anilines is 1. The van der Waals surface area contributed by atoms with E-state index in [2.05, 4.69) is 20.3 Å². The molecule has 5 rings (SSSR count). The van der Waals surface area contributed by atoms with E-state index in [0.717, 1.165) is 34.4 Å². The molecule has 0 atom stereocenters. The van der Waals surface area contributed by atoms with Crippen LogP contribution in [0.5, 0.6) is 0 Å². The standard InChI is InChI=1S/C19H16FN5S/c20-14-8-12(4-5-15(14)25-7-6-21-11-25)9-22-18-17-13-2-1-3-16(13)26-19(17)24-10-23-18/h4-8,10-11H,1-3,9H2,(H,22,23,24). The summed E-state index contributed by atoms with van der Waals surface area (Å²) in [4.78, 5) is 15.3. The molecule has 0 amide bonds. The first-order chi connectivity index (χ1) is 12.8. The van der Waals surface area contributed by atoms with Gasteiger partial charge in [-0.25, -0.2) is 19.3 Å². The normalized spacial score (nSPS) is 13.3. The molecule has 0 bridgehead atoms. The van der Waals surface area contributed by atoms with E-state index in [1.165, 1.54) is 16.9 Å². The van der Waals surface area contributed by atoms with E-state index in [0.29, 0.717) is 12.2 Å². The summed E-state index contributed by atoms with van der Waals surface area (Å²) in [6, 6.07) is 5.24. The summed E-state index contributed by atoms with van der Waals surface area (Å²) in [6.07, 6.45) is 9.97. The Morgan fingerprint density at radius 1 is 1.23 bits per heavy atom. The van der Waals surface area contributed by atoms with Crippen molar-refractivity contribution in [1.82, 2.24) is 19.5 Å². The monoisotopic (exact) mass is 365 g/mol. The highest BCUT2D eigenvalue weighted by Crippen LogP contribution is 2.39. The number of benzene rings is 1. The van der Waals surface area contributed by atoms with Crippen molar-refractivity contribution in [2.24, 2.45) is 0 Å². The molecule has 0 spiro atoms. The van der Waals surface area contributed by atoms with Crippen LogP contribution >= 0.6 is 11.3 Å². The first-order valence-electron chi connectivity index (χ1n) is 8.55. The summed E-state index contributed by atoms with van der Waals surface area (Å²) < 4.78 is 16.1. The van der Waals surface area contributed by atoms with Crippen molar-refractivity contribution in [3.8, 4) is 5.69 Å². The van der Waals surface area contributed by atoms with E-state index in [1.54, 1.807) is 53.1 Å². The molecule has 0 radical (unpaired) electrons. The van der Waals surface area contributed by atoms with Crippen LogP contribution in [-0.4, -0.2) is 19.5 Å². The smallest absolute Gasteiger partial charge is 0.147 e. The van der Waals surface area contributed by atoms with Crippen molar-refractivity contribution in [3.05, 3.63) is 65.1 Å². The van der Waals surface area contributed by atoms with E-state index >= 15 is 0 Å². The van der Waals surface area contributed by atoms with Crippen LogP contribution in [-0.2, 0) is 19.4 Å². The van der Waals surface area contributed by atoms with Gasteiger partial charge >= 0.3 is 0 Å². The molecule has 0 saturated carbocycles. The van der Waals surface area contributed by atoms with Gasteiger partial charge in [0.2, 0.25) is 0 Å². The third-order valence-corrected chi connectivity index (χ3v) is 5.96. The predicted octanol–water partition coefficient (Wildman–Crippen LogP) is 4.12. The maximum atomic E-state index is 14.4. The molecule has 0 unspecified atom stereocenters. The second kappa shape index (κ2) is 6.17. The maximum Gasteiger partial charge on any atom is 0.147 e. The van der Waals surface area contributed by atoms with Crippen LogP contribution in [0.1, 0.15) is 22.4 Å². The first-order valence-corrected chi connectivity index (χ1v) is 9.37. The fourth-order valence-electron chi connectivity index (χ4n) is 3.52. The van der Waals surface area contributed by atoms with Gasteiger partial charge in [-0.3, -0.25) is 0 Å². The Kier molecular flexibility index (Phi) is 3.67. The third kappa shape index (κ3) is 2.55. The lowest BCUT2D eigenvalue weighted by atomic mass is 10.1. The molecule has 7 heteroatoms. The molecule has 5 nitrogen and oxygen atoms in total. The van der Waals surface area contributed by atoms with Gasteiger partial charge in [-0.05, 0) is 42.5 Å². The molecule has 3 aromatic heterocycles. The fourth-order valence-corrected chi connectivity index (χ4v) is 4.75. The van der Waals surface area contributed by atoms with E-state index in [9.17, 15) is 4.39 Å². The molecule has 4 aromatic rings. The number of fused-ring (bicyclic) bond motifs is 3. The molecule has 0 saturated heterocycles. The lowest BCUT2D eigenvalue weighted by Gasteiger charge is -2.10. The Hall–Kier alpha value is -2.80. The van der Waals surface area contributed by atoms with E-state index < -0.39 is 0 Å². The highest BCUT2D eigenvalue weighted by Gasteiger charge is 2.21. The number of hydrogen-bond acceptors (Lipinski definition) is 5. The van der Waals surface area contributed by atoms with Gasteiger partial charge in [0.1, 0.15) is 22.8 Å². The van der Waals surface area contributed by atoms with Gasteiger partial charge in [-0.15, -0.1) is 11.3 Å². The van der Waals surface area contributed by atoms with Gasteiger partial charge < -0.3 is 9.88 Å². The molecule has 1 aromatic carbocycles. The number of halogens is 1. The molecule has 1 aliphatic carbocycles. The zero-order valence-corrected chi connectivity index (χ0v) is 14.8. The number of nitrogens with zero attached hydrogens (tertiary/aromatic N) is 4. The van der Waals surface area contributed by atoms with Crippen molar-refractivity contribution in [2.75, 3.05) is 5.32 Å². The lowest BCUT2D eigenvalue weighted by molar-refractivity contribution is 0.616. The summed E-state index contributed by atoms with van der Waals surface area (Å²) in [7, 11) is 0. The Morgan fingerprint density at radius 2 is 2.19 bits per heavy atom. The number of thiophene rings is 1. The van der Waals surface area contributed by atoms with Crippen molar-refractivity contribution < 1.29 is 4.39 Å². The van der Waals surface area contributed by atoms with Crippen molar-refractivity contribution in [3.63, 3.8) is 0 Å². The molecule has 3 heterocycles. The highest BCUT2D eigenvalue weighted by atomic mass is 32.1. The minimum atomic E-state index is -0.272. The molecule has 1 N–H and O–H groups in total. The maximum absolute atomic E-state index is 14.4. The van der Waals surface area contributed by atoms with Crippen LogP contribution in [0, 0.1) is 5.82 Å². The summed E-state index contributed by atoms with van der Waals surface area (Å²) in [5.41, 5.74) is 2.74. The van der Waals surface area contributed by atoms with Gasteiger partial charge in [-0.1, -0.05) is 6.07 Å². The predicted molar refractivity (Wildman–Crippen MR) is 100 cm³/mol. The van der Waals surface area contributed by atoms with Gasteiger partial charge in [0.15, 0.2) is 0 Å². The third-order valence-electron chi connectivity index (χ3n) is 4.76. The number of rotatable bonds is 4. The summed E-state index contributed by atoms with van der Waals surface area (Å²) in [5, 5.41) is 4.51. The minimum Gasteiger partial charge on any atom is -0.365 e. The summed E-state index contributed by atoms with van der Waals surface area (Å²) in [5.74, 6) is 0.569. The van der Waals surface area contributed by atoms with Crippen molar-refractivity contribution in [2.45, 2.75) is 25.8 Å². The van der Waals surface area contributed by atoms with E-state index in [4.69, 9.17) is 0 Å². The zero-order chi connectivity index (χ0) is 17.5. The number of aromatic nitrogens is 4. The van der Waals surface area contributed by atoms with Crippen molar-refractivity contribution in [1.29, 1.82) is 0 Å². The van der Waals surface area contributed by atoms with Crippen LogP contribution in [0.25, 0.3) is 15.9 Å². The Morgan fingerprint density at radius 3 is 3.04 bits per heavy atom. The largest absolute Gasteiger partial charge is 0.365 e. The lowest BCUT2D eigenvalue weighted by Crippen LogP contribution is -2.04. The summed E-state index contributed by atoms with van der Waals surface area (Å²) in [6.45, 7) is 0.512. The Labute approximate surface area is 153 Å². The second-order valence-electron chi connectivity index (χ2n) is 6.37. The number of aryl methyl sites for hydroxylation is 2. The topological polar surface area (TPSA) is 55.6 Å². The fraction of sp³-hybridized carbons (Fsp3) is 0.211. The number of hydrogen-bond donors (Lipinski definition) is 1. The van der Waals surface area contributed by atoms with Crippen LogP contribution in [0.3, 0.4) is 0 Å². The van der Waals surface area contributed by atoms with E-state index in [1.807, 2.05) is 6.07 Å². The Bertz CT molecular complexity index is 1090. The van der Waals surface area contributed by atoms with Gasteiger partial charge in [0, 0.05) is 23.8 Å². The molecule has 1 aliphatic rings. The molecule has 130 valence electrons.